The molecule has 0 unspecified atom stereocenters. The smallest absolute Gasteiger partial charge is 0.262 e. The summed E-state index contributed by atoms with van der Waals surface area (Å²) in [6.07, 6.45) is 3.13. The van der Waals surface area contributed by atoms with E-state index in [0.29, 0.717) is 34.8 Å². The highest BCUT2D eigenvalue weighted by Crippen LogP contribution is 2.35. The third-order valence-electron chi connectivity index (χ3n) is 4.07. The van der Waals surface area contributed by atoms with Gasteiger partial charge in [0, 0.05) is 25.0 Å². The minimum Gasteiger partial charge on any atom is -0.454 e. The van der Waals surface area contributed by atoms with E-state index in [-0.39, 0.29) is 17.8 Å². The number of nitrogens with zero attached hydrogens (tertiary/aromatic N) is 2. The standard InChI is InChI=1S/C18H15N3O4/c1-2-21-9-12(18(23)20-16-5-3-4-6-19-16)17(22)11-7-14-15(8-13(11)21)25-10-24-14/h3-9H,2,10H2,1H3,(H,19,20,23). The van der Waals surface area contributed by atoms with Crippen LogP contribution < -0.4 is 20.2 Å². The number of aromatic nitrogens is 2. The normalized spacial score (nSPS) is 12.4. The zero-order valence-electron chi connectivity index (χ0n) is 13.5. The highest BCUT2D eigenvalue weighted by molar-refractivity contribution is 6.05. The Labute approximate surface area is 142 Å². The summed E-state index contributed by atoms with van der Waals surface area (Å²) >= 11 is 0. The molecule has 7 heteroatoms. The molecule has 3 aromatic rings. The number of aryl methyl sites for hydroxylation is 1. The van der Waals surface area contributed by atoms with Crippen LogP contribution >= 0.6 is 0 Å². The Morgan fingerprint density at radius 2 is 2.08 bits per heavy atom. The second-order valence-electron chi connectivity index (χ2n) is 5.55. The Kier molecular flexibility index (Phi) is 3.61. The van der Waals surface area contributed by atoms with Crippen LogP contribution in [0, 0.1) is 0 Å². The predicted octanol–water partition coefficient (Wildman–Crippen LogP) is 2.40. The van der Waals surface area contributed by atoms with Gasteiger partial charge < -0.3 is 19.4 Å². The molecule has 1 aliphatic rings. The lowest BCUT2D eigenvalue weighted by molar-refractivity contribution is 0.102. The molecule has 0 spiro atoms. The van der Waals surface area contributed by atoms with E-state index in [1.807, 2.05) is 11.5 Å². The van der Waals surface area contributed by atoms with Crippen LogP contribution in [0.5, 0.6) is 11.5 Å². The number of pyridine rings is 2. The molecule has 0 radical (unpaired) electrons. The van der Waals surface area contributed by atoms with Gasteiger partial charge in [0.15, 0.2) is 11.5 Å². The maximum absolute atomic E-state index is 12.8. The van der Waals surface area contributed by atoms with Gasteiger partial charge in [-0.1, -0.05) is 6.07 Å². The van der Waals surface area contributed by atoms with Crippen LogP contribution in [0.4, 0.5) is 5.82 Å². The van der Waals surface area contributed by atoms with E-state index >= 15 is 0 Å². The number of carbonyl (C=O) groups is 1. The fourth-order valence-corrected chi connectivity index (χ4v) is 2.82. The van der Waals surface area contributed by atoms with E-state index in [1.165, 1.54) is 0 Å². The molecule has 126 valence electrons. The number of carbonyl (C=O) groups excluding carboxylic acids is 1. The van der Waals surface area contributed by atoms with E-state index in [4.69, 9.17) is 9.47 Å². The Balaban J connectivity index is 1.84. The first-order valence-corrected chi connectivity index (χ1v) is 7.86. The van der Waals surface area contributed by atoms with Gasteiger partial charge in [-0.25, -0.2) is 4.98 Å². The van der Waals surface area contributed by atoms with Gasteiger partial charge in [0.05, 0.1) is 10.9 Å². The van der Waals surface area contributed by atoms with Crippen LogP contribution in [0.3, 0.4) is 0 Å². The van der Waals surface area contributed by atoms with Crippen molar-refractivity contribution in [2.75, 3.05) is 12.1 Å². The lowest BCUT2D eigenvalue weighted by Gasteiger charge is -2.12. The van der Waals surface area contributed by atoms with Crippen molar-refractivity contribution in [3.05, 3.63) is 58.5 Å². The van der Waals surface area contributed by atoms with Gasteiger partial charge in [0.25, 0.3) is 5.91 Å². The van der Waals surface area contributed by atoms with Crippen LogP contribution in [0.25, 0.3) is 10.9 Å². The van der Waals surface area contributed by atoms with Gasteiger partial charge in [-0.3, -0.25) is 9.59 Å². The monoisotopic (exact) mass is 337 g/mol. The van der Waals surface area contributed by atoms with Gasteiger partial charge in [-0.05, 0) is 25.1 Å². The summed E-state index contributed by atoms with van der Waals surface area (Å²) in [7, 11) is 0. The van der Waals surface area contributed by atoms with Crippen molar-refractivity contribution in [1.29, 1.82) is 0 Å². The van der Waals surface area contributed by atoms with E-state index in [9.17, 15) is 9.59 Å². The van der Waals surface area contributed by atoms with Gasteiger partial charge in [-0.15, -0.1) is 0 Å². The van der Waals surface area contributed by atoms with Crippen LogP contribution in [-0.2, 0) is 6.54 Å². The fraction of sp³-hybridized carbons (Fsp3) is 0.167. The number of fused-ring (bicyclic) bond motifs is 2. The lowest BCUT2D eigenvalue weighted by atomic mass is 10.1. The SMILES string of the molecule is CCn1cc(C(=O)Nc2ccccn2)c(=O)c2cc3c(cc21)OCO3. The first kappa shape index (κ1) is 15.2. The van der Waals surface area contributed by atoms with Crippen LogP contribution in [0.15, 0.2) is 47.5 Å². The third kappa shape index (κ3) is 2.59. The highest BCUT2D eigenvalue weighted by atomic mass is 16.7. The molecule has 1 amide bonds. The first-order valence-electron chi connectivity index (χ1n) is 7.86. The molecule has 25 heavy (non-hydrogen) atoms. The Morgan fingerprint density at radius 3 is 2.80 bits per heavy atom. The van der Waals surface area contributed by atoms with Crippen LogP contribution in [-0.4, -0.2) is 22.3 Å². The van der Waals surface area contributed by atoms with E-state index in [2.05, 4.69) is 10.3 Å². The van der Waals surface area contributed by atoms with Gasteiger partial charge in [0.2, 0.25) is 12.2 Å². The molecule has 0 fully saturated rings. The predicted molar refractivity (Wildman–Crippen MR) is 92.2 cm³/mol. The summed E-state index contributed by atoms with van der Waals surface area (Å²) in [5, 5.41) is 3.06. The van der Waals surface area contributed by atoms with Crippen LogP contribution in [0.2, 0.25) is 0 Å². The van der Waals surface area contributed by atoms with Crippen LogP contribution in [0.1, 0.15) is 17.3 Å². The Morgan fingerprint density at radius 1 is 1.28 bits per heavy atom. The molecule has 1 aliphatic heterocycles. The summed E-state index contributed by atoms with van der Waals surface area (Å²) in [6.45, 7) is 2.66. The lowest BCUT2D eigenvalue weighted by Crippen LogP contribution is -2.24. The molecule has 1 aromatic carbocycles. The topological polar surface area (TPSA) is 82.5 Å². The second kappa shape index (κ2) is 5.94. The maximum atomic E-state index is 12.8. The Bertz CT molecular complexity index is 1030. The summed E-state index contributed by atoms with van der Waals surface area (Å²) < 4.78 is 12.6. The molecule has 4 rings (SSSR count). The van der Waals surface area contributed by atoms with E-state index < -0.39 is 5.91 Å². The molecule has 0 aliphatic carbocycles. The minimum atomic E-state index is -0.495. The molecular formula is C18H15N3O4. The van der Waals surface area contributed by atoms with Gasteiger partial charge in [-0.2, -0.15) is 0 Å². The number of ether oxygens (including phenoxy) is 2. The third-order valence-corrected chi connectivity index (χ3v) is 4.07. The molecule has 0 bridgehead atoms. The molecule has 0 saturated carbocycles. The number of anilines is 1. The van der Waals surface area contributed by atoms with Crippen molar-refractivity contribution < 1.29 is 14.3 Å². The van der Waals surface area contributed by atoms with Crippen molar-refractivity contribution in [1.82, 2.24) is 9.55 Å². The summed E-state index contributed by atoms with van der Waals surface area (Å²) in [5.74, 6) is 1.00. The van der Waals surface area contributed by atoms with Crippen molar-refractivity contribution in [2.24, 2.45) is 0 Å². The Hall–Kier alpha value is -3.35. The quantitative estimate of drug-likeness (QED) is 0.793. The zero-order chi connectivity index (χ0) is 17.4. The van der Waals surface area contributed by atoms with E-state index in [0.717, 1.165) is 0 Å². The van der Waals surface area contributed by atoms with E-state index in [1.54, 1.807) is 42.7 Å². The van der Waals surface area contributed by atoms with Crippen molar-refractivity contribution >= 4 is 22.6 Å². The molecule has 2 aromatic heterocycles. The average Bonchev–Trinajstić information content (AvgIpc) is 3.09. The number of amides is 1. The zero-order valence-corrected chi connectivity index (χ0v) is 13.5. The summed E-state index contributed by atoms with van der Waals surface area (Å²) in [5.41, 5.74) is 0.399. The summed E-state index contributed by atoms with van der Waals surface area (Å²) in [6, 6.07) is 8.56. The minimum absolute atomic E-state index is 0.0545. The maximum Gasteiger partial charge on any atom is 0.262 e. The molecule has 0 atom stereocenters. The fourth-order valence-electron chi connectivity index (χ4n) is 2.82. The second-order valence-corrected chi connectivity index (χ2v) is 5.55. The molecular weight excluding hydrogens is 322 g/mol. The number of hydrogen-bond acceptors (Lipinski definition) is 5. The van der Waals surface area contributed by atoms with Crippen molar-refractivity contribution in [2.45, 2.75) is 13.5 Å². The number of rotatable bonds is 3. The number of nitrogens with one attached hydrogen (secondary N) is 1. The number of hydrogen-bond donors (Lipinski definition) is 1. The molecule has 3 heterocycles. The van der Waals surface area contributed by atoms with Crippen molar-refractivity contribution in [3.63, 3.8) is 0 Å². The highest BCUT2D eigenvalue weighted by Gasteiger charge is 2.20. The largest absolute Gasteiger partial charge is 0.454 e. The molecule has 1 N–H and O–H groups in total. The molecule has 0 saturated heterocycles. The summed E-state index contributed by atoms with van der Waals surface area (Å²) in [4.78, 5) is 29.4. The van der Waals surface area contributed by atoms with Gasteiger partial charge >= 0.3 is 0 Å². The van der Waals surface area contributed by atoms with Crippen molar-refractivity contribution in [3.8, 4) is 11.5 Å². The molecule has 7 nitrogen and oxygen atoms in total. The van der Waals surface area contributed by atoms with Gasteiger partial charge in [0.1, 0.15) is 11.4 Å². The first-order chi connectivity index (χ1) is 12.2. The average molecular weight is 337 g/mol. The number of benzene rings is 1.